The van der Waals surface area contributed by atoms with E-state index in [1.165, 1.54) is 50.8 Å². The van der Waals surface area contributed by atoms with Crippen LogP contribution < -0.4 is 5.32 Å². The van der Waals surface area contributed by atoms with Gasteiger partial charge >= 0.3 is 0 Å². The van der Waals surface area contributed by atoms with Crippen molar-refractivity contribution in [2.45, 2.75) is 58.4 Å². The summed E-state index contributed by atoms with van der Waals surface area (Å²) in [6.45, 7) is 6.00. The first-order valence-corrected chi connectivity index (χ1v) is 8.39. The van der Waals surface area contributed by atoms with Crippen LogP contribution in [0.1, 0.15) is 52.4 Å². The van der Waals surface area contributed by atoms with Crippen molar-refractivity contribution in [3.05, 3.63) is 0 Å². The van der Waals surface area contributed by atoms with Gasteiger partial charge in [0.05, 0.1) is 0 Å². The molecule has 1 fully saturated rings. The summed E-state index contributed by atoms with van der Waals surface area (Å²) < 4.78 is 0. The highest BCUT2D eigenvalue weighted by Gasteiger charge is 2.26. The summed E-state index contributed by atoms with van der Waals surface area (Å²) in [6.07, 6.45) is 10.5. The van der Waals surface area contributed by atoms with Gasteiger partial charge < -0.3 is 5.32 Å². The largest absolute Gasteiger partial charge is 0.314 e. The fourth-order valence-electron chi connectivity index (χ4n) is 2.88. The third-order valence-corrected chi connectivity index (χ3v) is 4.65. The lowest BCUT2D eigenvalue weighted by atomic mass is 9.77. The molecule has 0 bridgehead atoms. The van der Waals surface area contributed by atoms with Crippen molar-refractivity contribution >= 4 is 11.8 Å². The Hall–Kier alpha value is 0.310. The predicted octanol–water partition coefficient (Wildman–Crippen LogP) is 3.93. The summed E-state index contributed by atoms with van der Waals surface area (Å²) >= 11 is 1.97. The Balaban J connectivity index is 2.14. The van der Waals surface area contributed by atoms with Crippen LogP contribution in [-0.4, -0.2) is 24.6 Å². The normalized spacial score (nSPS) is 30.6. The molecule has 0 aromatic carbocycles. The highest BCUT2D eigenvalue weighted by Crippen LogP contribution is 2.30. The minimum Gasteiger partial charge on any atom is -0.314 e. The lowest BCUT2D eigenvalue weighted by Gasteiger charge is -2.35. The first-order chi connectivity index (χ1) is 7.77. The number of rotatable bonds is 7. The quantitative estimate of drug-likeness (QED) is 0.680. The molecule has 1 saturated carbocycles. The van der Waals surface area contributed by atoms with Crippen molar-refractivity contribution in [2.75, 3.05) is 18.6 Å². The van der Waals surface area contributed by atoms with Crippen LogP contribution >= 0.6 is 11.8 Å². The van der Waals surface area contributed by atoms with Gasteiger partial charge in [-0.05, 0) is 62.5 Å². The highest BCUT2D eigenvalue weighted by molar-refractivity contribution is 7.98. The average molecular weight is 243 g/mol. The van der Waals surface area contributed by atoms with E-state index in [1.807, 2.05) is 11.8 Å². The van der Waals surface area contributed by atoms with E-state index in [1.54, 1.807) is 0 Å². The number of thioether (sulfide) groups is 1. The van der Waals surface area contributed by atoms with Gasteiger partial charge in [0.25, 0.3) is 0 Å². The maximum atomic E-state index is 3.79. The summed E-state index contributed by atoms with van der Waals surface area (Å²) in [6, 6.07) is 0.815. The maximum absolute atomic E-state index is 3.79. The molecule has 3 unspecified atom stereocenters. The van der Waals surface area contributed by atoms with Crippen LogP contribution in [0.5, 0.6) is 0 Å². The SMILES string of the molecule is CCC1CC(C)CCC1NCCCCSC. The second-order valence-electron chi connectivity index (χ2n) is 5.35. The van der Waals surface area contributed by atoms with Crippen molar-refractivity contribution in [1.82, 2.24) is 5.32 Å². The van der Waals surface area contributed by atoms with Gasteiger partial charge in [-0.3, -0.25) is 0 Å². The molecule has 0 aliphatic heterocycles. The minimum atomic E-state index is 0.815. The van der Waals surface area contributed by atoms with Gasteiger partial charge in [0.15, 0.2) is 0 Å². The van der Waals surface area contributed by atoms with Crippen molar-refractivity contribution in [3.63, 3.8) is 0 Å². The smallest absolute Gasteiger partial charge is 0.00954 e. The van der Waals surface area contributed by atoms with E-state index >= 15 is 0 Å². The molecular weight excluding hydrogens is 214 g/mol. The summed E-state index contributed by atoms with van der Waals surface area (Å²) in [5, 5.41) is 3.79. The average Bonchev–Trinajstić information content (AvgIpc) is 2.30. The van der Waals surface area contributed by atoms with E-state index < -0.39 is 0 Å². The Bertz CT molecular complexity index is 172. The van der Waals surface area contributed by atoms with Crippen molar-refractivity contribution in [1.29, 1.82) is 0 Å². The molecule has 1 rings (SSSR count). The molecule has 1 aliphatic carbocycles. The molecule has 0 radical (unpaired) electrons. The fourth-order valence-corrected chi connectivity index (χ4v) is 3.37. The Morgan fingerprint density at radius 1 is 1.25 bits per heavy atom. The summed E-state index contributed by atoms with van der Waals surface area (Å²) in [5.74, 6) is 3.21. The van der Waals surface area contributed by atoms with Gasteiger partial charge in [-0.25, -0.2) is 0 Å². The van der Waals surface area contributed by atoms with Crippen molar-refractivity contribution in [3.8, 4) is 0 Å². The molecule has 16 heavy (non-hydrogen) atoms. The van der Waals surface area contributed by atoms with E-state index in [-0.39, 0.29) is 0 Å². The van der Waals surface area contributed by atoms with Gasteiger partial charge in [0.1, 0.15) is 0 Å². The molecule has 0 heterocycles. The Labute approximate surface area is 106 Å². The van der Waals surface area contributed by atoms with E-state index in [0.29, 0.717) is 0 Å². The Kier molecular flexibility index (Phi) is 7.55. The lowest BCUT2D eigenvalue weighted by molar-refractivity contribution is 0.208. The molecule has 1 nitrogen and oxygen atoms in total. The monoisotopic (exact) mass is 243 g/mol. The predicted molar refractivity (Wildman–Crippen MR) is 76.2 cm³/mol. The molecule has 96 valence electrons. The topological polar surface area (TPSA) is 12.0 Å². The first kappa shape index (κ1) is 14.4. The zero-order chi connectivity index (χ0) is 11.8. The zero-order valence-corrected chi connectivity index (χ0v) is 12.1. The molecule has 3 atom stereocenters. The first-order valence-electron chi connectivity index (χ1n) is 7.00. The highest BCUT2D eigenvalue weighted by atomic mass is 32.2. The molecule has 1 aliphatic rings. The summed E-state index contributed by atoms with van der Waals surface area (Å²) in [4.78, 5) is 0. The van der Waals surface area contributed by atoms with E-state index in [2.05, 4.69) is 25.4 Å². The lowest BCUT2D eigenvalue weighted by Crippen LogP contribution is -2.40. The van der Waals surface area contributed by atoms with E-state index in [9.17, 15) is 0 Å². The van der Waals surface area contributed by atoms with Gasteiger partial charge in [-0.15, -0.1) is 0 Å². The molecule has 0 amide bonds. The fraction of sp³-hybridized carbons (Fsp3) is 1.00. The molecule has 1 N–H and O–H groups in total. The number of hydrogen-bond donors (Lipinski definition) is 1. The van der Waals surface area contributed by atoms with Gasteiger partial charge in [-0.1, -0.05) is 20.3 Å². The molecule has 0 spiro atoms. The van der Waals surface area contributed by atoms with Crippen LogP contribution in [0.25, 0.3) is 0 Å². The number of unbranched alkanes of at least 4 members (excludes halogenated alkanes) is 1. The number of hydrogen-bond acceptors (Lipinski definition) is 2. The third-order valence-electron chi connectivity index (χ3n) is 3.95. The van der Waals surface area contributed by atoms with Crippen LogP contribution in [0.4, 0.5) is 0 Å². The van der Waals surface area contributed by atoms with Crippen LogP contribution in [0.3, 0.4) is 0 Å². The van der Waals surface area contributed by atoms with Crippen LogP contribution in [0.15, 0.2) is 0 Å². The summed E-state index contributed by atoms with van der Waals surface area (Å²) in [5.41, 5.74) is 0. The van der Waals surface area contributed by atoms with Gasteiger partial charge in [-0.2, -0.15) is 11.8 Å². The molecule has 2 heteroatoms. The molecule has 0 aromatic heterocycles. The summed E-state index contributed by atoms with van der Waals surface area (Å²) in [7, 11) is 0. The molecular formula is C14H29NS. The third kappa shape index (κ3) is 5.09. The Morgan fingerprint density at radius 2 is 2.06 bits per heavy atom. The zero-order valence-electron chi connectivity index (χ0n) is 11.3. The standard InChI is InChI=1S/C14H29NS/c1-4-13-11-12(2)7-8-14(13)15-9-5-6-10-16-3/h12-15H,4-11H2,1-3H3. The molecule has 0 saturated heterocycles. The van der Waals surface area contributed by atoms with Gasteiger partial charge in [0, 0.05) is 6.04 Å². The second-order valence-corrected chi connectivity index (χ2v) is 6.33. The van der Waals surface area contributed by atoms with Crippen LogP contribution in [-0.2, 0) is 0 Å². The Morgan fingerprint density at radius 3 is 2.75 bits per heavy atom. The van der Waals surface area contributed by atoms with Crippen LogP contribution in [0, 0.1) is 11.8 Å². The second kappa shape index (κ2) is 8.41. The van der Waals surface area contributed by atoms with E-state index in [0.717, 1.165) is 17.9 Å². The molecule has 0 aromatic rings. The van der Waals surface area contributed by atoms with Crippen LogP contribution in [0.2, 0.25) is 0 Å². The minimum absolute atomic E-state index is 0.815. The van der Waals surface area contributed by atoms with Gasteiger partial charge in [0.2, 0.25) is 0 Å². The van der Waals surface area contributed by atoms with E-state index in [4.69, 9.17) is 0 Å². The number of nitrogens with one attached hydrogen (secondary N) is 1. The van der Waals surface area contributed by atoms with Crippen molar-refractivity contribution in [2.24, 2.45) is 11.8 Å². The maximum Gasteiger partial charge on any atom is 0.00954 e. The van der Waals surface area contributed by atoms with Crippen molar-refractivity contribution < 1.29 is 0 Å².